The summed E-state index contributed by atoms with van der Waals surface area (Å²) in [5.74, 6) is -1.93. The highest BCUT2D eigenvalue weighted by Crippen LogP contribution is 2.21. The molecule has 0 aliphatic heterocycles. The predicted octanol–water partition coefficient (Wildman–Crippen LogP) is 3.70. The first kappa shape index (κ1) is 12.5. The Bertz CT molecular complexity index is 611. The normalized spacial score (nSPS) is 11.8. The smallest absolute Gasteiger partial charge is 0.418 e. The first-order chi connectivity index (χ1) is 8.28. The van der Waals surface area contributed by atoms with Crippen LogP contribution in [0.25, 0.3) is 10.9 Å². The number of hydrogen-bond acceptors (Lipinski definition) is 2. The fraction of sp³-hybridized carbons (Fsp3) is 0.308. The van der Waals surface area contributed by atoms with Crippen molar-refractivity contribution in [2.45, 2.75) is 26.4 Å². The van der Waals surface area contributed by atoms with E-state index >= 15 is 0 Å². The van der Waals surface area contributed by atoms with Crippen molar-refractivity contribution >= 4 is 17.0 Å². The van der Waals surface area contributed by atoms with Crippen LogP contribution < -0.4 is 0 Å². The molecular weight excluding hydrogens is 240 g/mol. The molecule has 0 atom stereocenters. The summed E-state index contributed by atoms with van der Waals surface area (Å²) in [4.78, 5) is 11.9. The molecule has 0 fully saturated rings. The van der Waals surface area contributed by atoms with Crippen LogP contribution in [0, 0.1) is 11.6 Å². The number of halogens is 2. The lowest BCUT2D eigenvalue weighted by atomic mass is 10.2. The van der Waals surface area contributed by atoms with Crippen molar-refractivity contribution in [2.75, 3.05) is 0 Å². The quantitative estimate of drug-likeness (QED) is 0.716. The summed E-state index contributed by atoms with van der Waals surface area (Å²) < 4.78 is 32.5. The number of carbonyl (C=O) groups is 1. The molecule has 0 radical (unpaired) electrons. The Kier molecular flexibility index (Phi) is 2.84. The summed E-state index contributed by atoms with van der Waals surface area (Å²) in [6.07, 6.45) is 0.806. The number of aromatic nitrogens is 1. The number of nitrogens with zero attached hydrogens (tertiary/aromatic N) is 1. The minimum Gasteiger partial charge on any atom is -0.443 e. The number of rotatable bonds is 0. The average molecular weight is 253 g/mol. The van der Waals surface area contributed by atoms with Crippen molar-refractivity contribution in [2.24, 2.45) is 0 Å². The fourth-order valence-electron chi connectivity index (χ4n) is 1.60. The highest BCUT2D eigenvalue weighted by atomic mass is 19.2. The largest absolute Gasteiger partial charge is 0.443 e. The Morgan fingerprint density at radius 1 is 1.22 bits per heavy atom. The third-order valence-electron chi connectivity index (χ3n) is 2.32. The number of fused-ring (bicyclic) bond motifs is 1. The van der Waals surface area contributed by atoms with Gasteiger partial charge in [-0.25, -0.2) is 13.6 Å². The van der Waals surface area contributed by atoms with Gasteiger partial charge in [0.1, 0.15) is 5.60 Å². The van der Waals surface area contributed by atoms with E-state index in [1.807, 2.05) is 0 Å². The van der Waals surface area contributed by atoms with Gasteiger partial charge in [-0.05, 0) is 32.9 Å². The summed E-state index contributed by atoms with van der Waals surface area (Å²) in [5.41, 5.74) is -0.366. The zero-order valence-corrected chi connectivity index (χ0v) is 10.3. The molecule has 0 amide bonds. The Balaban J connectivity index is 2.46. The molecule has 0 N–H and O–H groups in total. The van der Waals surface area contributed by atoms with Crippen molar-refractivity contribution in [3.05, 3.63) is 36.0 Å². The van der Waals surface area contributed by atoms with Gasteiger partial charge < -0.3 is 4.74 Å². The third kappa shape index (κ3) is 2.34. The van der Waals surface area contributed by atoms with Crippen molar-refractivity contribution in [3.63, 3.8) is 0 Å². The standard InChI is InChI=1S/C13H13F2NO2/c1-13(2,3)18-12(17)16-5-4-8-6-9(14)10(15)7-11(8)16/h4-7H,1-3H3. The molecule has 0 aliphatic carbocycles. The molecule has 0 unspecified atom stereocenters. The molecule has 5 heteroatoms. The maximum absolute atomic E-state index is 13.2. The van der Waals surface area contributed by atoms with Crippen LogP contribution in [0.2, 0.25) is 0 Å². The van der Waals surface area contributed by atoms with Crippen LogP contribution in [0.15, 0.2) is 24.4 Å². The van der Waals surface area contributed by atoms with Crippen LogP contribution in [0.1, 0.15) is 20.8 Å². The van der Waals surface area contributed by atoms with E-state index in [9.17, 15) is 13.6 Å². The Morgan fingerprint density at radius 2 is 1.83 bits per heavy atom. The lowest BCUT2D eigenvalue weighted by molar-refractivity contribution is 0.0544. The van der Waals surface area contributed by atoms with Crippen molar-refractivity contribution in [1.82, 2.24) is 4.57 Å². The molecule has 0 saturated carbocycles. The second-order valence-electron chi connectivity index (χ2n) is 4.99. The van der Waals surface area contributed by atoms with Crippen LogP contribution in [0.4, 0.5) is 13.6 Å². The third-order valence-corrected chi connectivity index (χ3v) is 2.32. The highest BCUT2D eigenvalue weighted by molar-refractivity contribution is 5.89. The lowest BCUT2D eigenvalue weighted by Gasteiger charge is -2.19. The van der Waals surface area contributed by atoms with E-state index in [-0.39, 0.29) is 5.52 Å². The van der Waals surface area contributed by atoms with Gasteiger partial charge in [0.25, 0.3) is 0 Å². The minimum atomic E-state index is -0.994. The maximum atomic E-state index is 13.2. The molecule has 2 rings (SSSR count). The van der Waals surface area contributed by atoms with E-state index < -0.39 is 23.3 Å². The minimum absolute atomic E-state index is 0.281. The molecule has 1 aromatic heterocycles. The van der Waals surface area contributed by atoms with Crippen LogP contribution in [0.3, 0.4) is 0 Å². The Labute approximate surface area is 103 Å². The molecule has 3 nitrogen and oxygen atoms in total. The molecule has 0 saturated heterocycles. The van der Waals surface area contributed by atoms with E-state index in [1.54, 1.807) is 20.8 Å². The summed E-state index contributed by atoms with van der Waals surface area (Å²) in [6.45, 7) is 5.20. The molecule has 0 aliphatic rings. The summed E-state index contributed by atoms with van der Waals surface area (Å²) in [5, 5.41) is 0.444. The zero-order valence-electron chi connectivity index (χ0n) is 10.3. The first-order valence-corrected chi connectivity index (χ1v) is 5.47. The molecule has 1 heterocycles. The van der Waals surface area contributed by atoms with Crippen LogP contribution in [-0.4, -0.2) is 16.3 Å². The SMILES string of the molecule is CC(C)(C)OC(=O)n1ccc2cc(F)c(F)cc21. The van der Waals surface area contributed by atoms with Gasteiger partial charge in [-0.15, -0.1) is 0 Å². The monoisotopic (exact) mass is 253 g/mol. The molecular formula is C13H13F2NO2. The molecule has 2 aromatic rings. The summed E-state index contributed by atoms with van der Waals surface area (Å²) >= 11 is 0. The first-order valence-electron chi connectivity index (χ1n) is 5.47. The molecule has 0 bridgehead atoms. The zero-order chi connectivity index (χ0) is 13.5. The van der Waals surface area contributed by atoms with E-state index in [0.717, 1.165) is 16.7 Å². The van der Waals surface area contributed by atoms with E-state index in [2.05, 4.69) is 0 Å². The number of hydrogen-bond donors (Lipinski definition) is 0. The van der Waals surface area contributed by atoms with Crippen LogP contribution in [0.5, 0.6) is 0 Å². The molecule has 96 valence electrons. The van der Waals surface area contributed by atoms with Gasteiger partial charge in [0.2, 0.25) is 0 Å². The fourth-order valence-corrected chi connectivity index (χ4v) is 1.60. The summed E-state index contributed by atoms with van der Waals surface area (Å²) in [7, 11) is 0. The maximum Gasteiger partial charge on any atom is 0.418 e. The average Bonchev–Trinajstić information content (AvgIpc) is 2.59. The Hall–Kier alpha value is -1.91. The van der Waals surface area contributed by atoms with Gasteiger partial charge in [-0.3, -0.25) is 4.57 Å². The molecule has 0 spiro atoms. The van der Waals surface area contributed by atoms with Gasteiger partial charge in [-0.2, -0.15) is 0 Å². The summed E-state index contributed by atoms with van der Waals surface area (Å²) in [6, 6.07) is 3.56. The van der Waals surface area contributed by atoms with E-state index in [0.29, 0.717) is 5.39 Å². The van der Waals surface area contributed by atoms with Gasteiger partial charge >= 0.3 is 6.09 Å². The van der Waals surface area contributed by atoms with Gasteiger partial charge in [0.05, 0.1) is 5.52 Å². The van der Waals surface area contributed by atoms with Gasteiger partial charge in [0, 0.05) is 17.6 Å². The predicted molar refractivity (Wildman–Crippen MR) is 63.5 cm³/mol. The molecule has 18 heavy (non-hydrogen) atoms. The van der Waals surface area contributed by atoms with Crippen molar-refractivity contribution in [1.29, 1.82) is 0 Å². The lowest BCUT2D eigenvalue weighted by Crippen LogP contribution is -2.26. The second kappa shape index (κ2) is 4.08. The molecule has 1 aromatic carbocycles. The number of benzene rings is 1. The van der Waals surface area contributed by atoms with E-state index in [1.165, 1.54) is 12.3 Å². The van der Waals surface area contributed by atoms with Gasteiger partial charge in [-0.1, -0.05) is 0 Å². The number of carbonyl (C=O) groups excluding carboxylic acids is 1. The van der Waals surface area contributed by atoms with E-state index in [4.69, 9.17) is 4.74 Å². The van der Waals surface area contributed by atoms with Crippen LogP contribution >= 0.6 is 0 Å². The van der Waals surface area contributed by atoms with Crippen LogP contribution in [-0.2, 0) is 4.74 Å². The Morgan fingerprint density at radius 3 is 2.44 bits per heavy atom. The van der Waals surface area contributed by atoms with Gasteiger partial charge in [0.15, 0.2) is 11.6 Å². The highest BCUT2D eigenvalue weighted by Gasteiger charge is 2.19. The topological polar surface area (TPSA) is 31.2 Å². The van der Waals surface area contributed by atoms with Crippen molar-refractivity contribution < 1.29 is 18.3 Å². The second-order valence-corrected chi connectivity index (χ2v) is 4.99. The van der Waals surface area contributed by atoms with Crippen molar-refractivity contribution in [3.8, 4) is 0 Å². The number of ether oxygens (including phenoxy) is 1.